The molecule has 0 aromatic carbocycles. The van der Waals surface area contributed by atoms with E-state index in [2.05, 4.69) is 4.98 Å². The molecule has 0 saturated carbocycles. The van der Waals surface area contributed by atoms with Gasteiger partial charge in [0.2, 0.25) is 0 Å². The van der Waals surface area contributed by atoms with Crippen molar-refractivity contribution in [3.05, 3.63) is 29.0 Å². The Morgan fingerprint density at radius 2 is 2.38 bits per heavy atom. The highest BCUT2D eigenvalue weighted by atomic mass is 35.5. The van der Waals surface area contributed by atoms with Crippen LogP contribution in [-0.2, 0) is 4.74 Å². The number of halogens is 1. The summed E-state index contributed by atoms with van der Waals surface area (Å²) in [4.78, 5) is 14.4. The Kier molecular flexibility index (Phi) is 3.08. The van der Waals surface area contributed by atoms with Gasteiger partial charge in [0.15, 0.2) is 0 Å². The van der Waals surface area contributed by atoms with Crippen molar-refractivity contribution < 1.29 is 9.53 Å². The Labute approximate surface area is 80.7 Å². The van der Waals surface area contributed by atoms with Crippen molar-refractivity contribution in [3.63, 3.8) is 0 Å². The van der Waals surface area contributed by atoms with Crippen LogP contribution >= 0.6 is 11.6 Å². The lowest BCUT2D eigenvalue weighted by atomic mass is 10.2. The van der Waals surface area contributed by atoms with E-state index in [9.17, 15) is 4.79 Å². The average Bonchev–Trinajstić information content (AvgIpc) is 2.04. The number of ether oxygens (including phenoxy) is 1. The van der Waals surface area contributed by atoms with E-state index in [1.54, 1.807) is 19.1 Å². The minimum Gasteiger partial charge on any atom is -0.440 e. The molecule has 4 nitrogen and oxygen atoms in total. The van der Waals surface area contributed by atoms with Crippen molar-refractivity contribution in [1.82, 2.24) is 4.98 Å². The molecule has 0 bridgehead atoms. The molecule has 1 unspecified atom stereocenters. The van der Waals surface area contributed by atoms with E-state index in [0.717, 1.165) is 0 Å². The van der Waals surface area contributed by atoms with E-state index in [1.807, 2.05) is 0 Å². The fourth-order valence-electron chi connectivity index (χ4n) is 0.862. The van der Waals surface area contributed by atoms with Crippen molar-refractivity contribution in [2.45, 2.75) is 13.0 Å². The molecule has 1 aromatic heterocycles. The number of primary amides is 1. The molecule has 1 heterocycles. The first-order valence-electron chi connectivity index (χ1n) is 3.67. The van der Waals surface area contributed by atoms with E-state index in [0.29, 0.717) is 10.7 Å². The predicted octanol–water partition coefficient (Wildman–Crippen LogP) is 1.89. The van der Waals surface area contributed by atoms with Gasteiger partial charge in [0.05, 0.1) is 10.7 Å². The molecule has 1 aromatic rings. The minimum absolute atomic E-state index is 0.449. The molecule has 5 heteroatoms. The van der Waals surface area contributed by atoms with Crippen molar-refractivity contribution in [3.8, 4) is 0 Å². The first-order valence-corrected chi connectivity index (χ1v) is 4.05. The number of carbonyl (C=O) groups is 1. The van der Waals surface area contributed by atoms with Gasteiger partial charge in [-0.05, 0) is 19.1 Å². The van der Waals surface area contributed by atoms with Crippen LogP contribution in [0.15, 0.2) is 18.3 Å². The molecular weight excluding hydrogens is 192 g/mol. The molecule has 0 aliphatic heterocycles. The number of amides is 1. The van der Waals surface area contributed by atoms with Crippen LogP contribution in [0.5, 0.6) is 0 Å². The van der Waals surface area contributed by atoms with Crippen LogP contribution < -0.4 is 5.73 Å². The number of carbonyl (C=O) groups excluding carboxylic acids is 1. The van der Waals surface area contributed by atoms with Crippen LogP contribution in [0.1, 0.15) is 18.7 Å². The van der Waals surface area contributed by atoms with Crippen LogP contribution in [0.3, 0.4) is 0 Å². The Hall–Kier alpha value is -1.29. The molecule has 1 amide bonds. The quantitative estimate of drug-likeness (QED) is 0.793. The third kappa shape index (κ3) is 2.91. The van der Waals surface area contributed by atoms with Crippen molar-refractivity contribution in [2.75, 3.05) is 0 Å². The molecule has 0 spiro atoms. The van der Waals surface area contributed by atoms with Gasteiger partial charge in [-0.2, -0.15) is 0 Å². The van der Waals surface area contributed by atoms with Crippen LogP contribution in [0.4, 0.5) is 4.79 Å². The molecule has 2 N–H and O–H groups in total. The lowest BCUT2D eigenvalue weighted by Crippen LogP contribution is -2.16. The molecule has 0 aliphatic carbocycles. The minimum atomic E-state index is -0.816. The van der Waals surface area contributed by atoms with Gasteiger partial charge in [0, 0.05) is 6.20 Å². The smallest absolute Gasteiger partial charge is 0.405 e. The maximum atomic E-state index is 10.4. The van der Waals surface area contributed by atoms with Crippen molar-refractivity contribution >= 4 is 17.7 Å². The fourth-order valence-corrected chi connectivity index (χ4v) is 0.974. The zero-order valence-corrected chi connectivity index (χ0v) is 7.78. The third-order valence-corrected chi connectivity index (χ3v) is 1.68. The molecule has 1 rings (SSSR count). The average molecular weight is 201 g/mol. The molecule has 0 radical (unpaired) electrons. The van der Waals surface area contributed by atoms with Gasteiger partial charge < -0.3 is 10.5 Å². The van der Waals surface area contributed by atoms with Gasteiger partial charge in [0.25, 0.3) is 0 Å². The zero-order chi connectivity index (χ0) is 9.84. The fraction of sp³-hybridized carbons (Fsp3) is 0.250. The predicted molar refractivity (Wildman–Crippen MR) is 48.3 cm³/mol. The highest BCUT2D eigenvalue weighted by Crippen LogP contribution is 2.15. The third-order valence-electron chi connectivity index (χ3n) is 1.46. The van der Waals surface area contributed by atoms with Crippen molar-refractivity contribution in [1.29, 1.82) is 0 Å². The van der Waals surface area contributed by atoms with Gasteiger partial charge >= 0.3 is 6.09 Å². The molecule has 0 saturated heterocycles. The summed E-state index contributed by atoms with van der Waals surface area (Å²) in [6.45, 7) is 1.68. The molecule has 0 aliphatic rings. The maximum absolute atomic E-state index is 10.4. The van der Waals surface area contributed by atoms with E-state index < -0.39 is 12.2 Å². The van der Waals surface area contributed by atoms with Crippen LogP contribution in [0, 0.1) is 0 Å². The van der Waals surface area contributed by atoms with Gasteiger partial charge in [0.1, 0.15) is 6.10 Å². The maximum Gasteiger partial charge on any atom is 0.405 e. The second-order valence-electron chi connectivity index (χ2n) is 2.48. The summed E-state index contributed by atoms with van der Waals surface area (Å²) < 4.78 is 4.71. The van der Waals surface area contributed by atoms with E-state index in [-0.39, 0.29) is 0 Å². The summed E-state index contributed by atoms with van der Waals surface area (Å²) in [5.41, 5.74) is 5.46. The molecule has 0 fully saturated rings. The summed E-state index contributed by atoms with van der Waals surface area (Å²) in [5.74, 6) is 0. The number of aromatic nitrogens is 1. The molecule has 1 atom stereocenters. The summed E-state index contributed by atoms with van der Waals surface area (Å²) in [6, 6.07) is 3.35. The topological polar surface area (TPSA) is 65.2 Å². The summed E-state index contributed by atoms with van der Waals surface area (Å²) >= 11 is 5.63. The lowest BCUT2D eigenvalue weighted by molar-refractivity contribution is 0.114. The Balaban J connectivity index is 2.71. The highest BCUT2D eigenvalue weighted by molar-refractivity contribution is 6.30. The number of nitrogens with two attached hydrogens (primary N) is 1. The highest BCUT2D eigenvalue weighted by Gasteiger charge is 2.09. The second kappa shape index (κ2) is 4.09. The van der Waals surface area contributed by atoms with Gasteiger partial charge in [-0.3, -0.25) is 4.98 Å². The number of nitrogens with zero attached hydrogens (tertiary/aromatic N) is 1. The summed E-state index contributed by atoms with van der Waals surface area (Å²) in [6.07, 6.45) is 0.219. The first kappa shape index (κ1) is 9.80. The normalized spacial score (nSPS) is 12.2. The second-order valence-corrected chi connectivity index (χ2v) is 2.92. The molecule has 13 heavy (non-hydrogen) atoms. The van der Waals surface area contributed by atoms with Gasteiger partial charge in [-0.15, -0.1) is 0 Å². The number of pyridine rings is 1. The van der Waals surface area contributed by atoms with Gasteiger partial charge in [-0.25, -0.2) is 4.79 Å². The van der Waals surface area contributed by atoms with E-state index in [1.165, 1.54) is 6.20 Å². The van der Waals surface area contributed by atoms with Gasteiger partial charge in [-0.1, -0.05) is 11.6 Å². The number of hydrogen-bond donors (Lipinski definition) is 1. The van der Waals surface area contributed by atoms with E-state index >= 15 is 0 Å². The van der Waals surface area contributed by atoms with Crippen LogP contribution in [0.25, 0.3) is 0 Å². The zero-order valence-electron chi connectivity index (χ0n) is 7.03. The standard InChI is InChI=1S/C8H9ClN2O2/c1-5(13-8(10)12)7-3-2-6(9)4-11-7/h2-5H,1H3,(H2,10,12). The number of rotatable bonds is 2. The Morgan fingerprint density at radius 1 is 1.69 bits per heavy atom. The van der Waals surface area contributed by atoms with Crippen LogP contribution in [-0.4, -0.2) is 11.1 Å². The summed E-state index contributed by atoms with van der Waals surface area (Å²) in [7, 11) is 0. The largest absolute Gasteiger partial charge is 0.440 e. The SMILES string of the molecule is CC(OC(N)=O)c1ccc(Cl)cn1. The lowest BCUT2D eigenvalue weighted by Gasteiger charge is -2.09. The number of hydrogen-bond acceptors (Lipinski definition) is 3. The van der Waals surface area contributed by atoms with E-state index in [4.69, 9.17) is 22.1 Å². The van der Waals surface area contributed by atoms with Crippen molar-refractivity contribution in [2.24, 2.45) is 5.73 Å². The Morgan fingerprint density at radius 3 is 2.85 bits per heavy atom. The molecule has 70 valence electrons. The molecular formula is C8H9ClN2O2. The monoisotopic (exact) mass is 200 g/mol. The Bertz CT molecular complexity index is 300. The van der Waals surface area contributed by atoms with Crippen LogP contribution in [0.2, 0.25) is 5.02 Å². The summed E-state index contributed by atoms with van der Waals surface area (Å²) in [5, 5.41) is 0.537. The first-order chi connectivity index (χ1) is 6.09.